The van der Waals surface area contributed by atoms with Crippen LogP contribution in [-0.4, -0.2) is 60.0 Å². The molecule has 146 valence electrons. The van der Waals surface area contributed by atoms with Crippen LogP contribution in [0, 0.1) is 0 Å². The van der Waals surface area contributed by atoms with Gasteiger partial charge in [-0.3, -0.25) is 0 Å². The van der Waals surface area contributed by atoms with Crippen LogP contribution < -0.4 is 17.0 Å². The summed E-state index contributed by atoms with van der Waals surface area (Å²) in [5.74, 6) is -0.561. The van der Waals surface area contributed by atoms with Gasteiger partial charge in [0.2, 0.25) is 5.60 Å². The smallest absolute Gasteiger partial charge is 0.349 e. The van der Waals surface area contributed by atoms with Gasteiger partial charge in [-0.25, -0.2) is 4.79 Å². The van der Waals surface area contributed by atoms with Crippen LogP contribution in [0.2, 0.25) is 0 Å². The number of piperidine rings is 1. The van der Waals surface area contributed by atoms with Crippen molar-refractivity contribution in [1.82, 2.24) is 0 Å². The minimum atomic E-state index is -1.72. The predicted molar refractivity (Wildman–Crippen MR) is 99.1 cm³/mol. The summed E-state index contributed by atoms with van der Waals surface area (Å²) in [6.07, 6.45) is 2.05. The van der Waals surface area contributed by atoms with Crippen molar-refractivity contribution in [3.8, 4) is 0 Å². The molecular weight excluding hydrogens is 450 g/mol. The highest BCUT2D eigenvalue weighted by Gasteiger charge is 2.71. The van der Waals surface area contributed by atoms with E-state index in [1.54, 1.807) is 12.1 Å². The Bertz CT molecular complexity index is 769. The molecule has 8 heteroatoms. The molecule has 0 saturated carbocycles. The maximum absolute atomic E-state index is 13.1. The normalized spacial score (nSPS) is 33.1. The number of hydrogen-bond acceptors (Lipinski definition) is 6. The monoisotopic (exact) mass is 471 g/mol. The summed E-state index contributed by atoms with van der Waals surface area (Å²) in [5, 5.41) is 15.1. The predicted octanol–water partition coefficient (Wildman–Crippen LogP) is -0.650. The fourth-order valence-corrected chi connectivity index (χ4v) is 6.54. The molecule has 0 radical (unpaired) electrons. The Labute approximate surface area is 176 Å². The molecule has 0 spiro atoms. The third-order valence-corrected chi connectivity index (χ3v) is 8.32. The number of carbonyl (C=O) groups is 1. The lowest BCUT2D eigenvalue weighted by atomic mass is 9.95. The Kier molecular flexibility index (Phi) is 4.81. The van der Waals surface area contributed by atoms with Crippen LogP contribution >= 0.6 is 22.7 Å². The van der Waals surface area contributed by atoms with Crippen molar-refractivity contribution in [2.45, 2.75) is 48.8 Å². The summed E-state index contributed by atoms with van der Waals surface area (Å²) in [4.78, 5) is 14.3. The third kappa shape index (κ3) is 2.84. The van der Waals surface area contributed by atoms with E-state index in [0.717, 1.165) is 17.3 Å². The lowest BCUT2D eigenvalue weighted by molar-refractivity contribution is -0.938. The molecule has 0 aromatic carbocycles. The number of ether oxygens (including phenoxy) is 2. The van der Waals surface area contributed by atoms with Crippen LogP contribution in [0.5, 0.6) is 0 Å². The van der Waals surface area contributed by atoms with Crippen molar-refractivity contribution in [3.63, 3.8) is 0 Å². The standard InChI is InChI=1S/C19H22NO4S2.BrH/c1-20(2)12-9-11(10-13(20)17-16(12)24-17)23-18(21)19(22,14-5-3-7-25-14)15-6-4-8-26-15;/h3-8,11-13,16-17,22H,9-10H2,1-2H3;1H/q+1;/p-1/t11?,12-,13-,16-,17+;/m0./s1. The number of likely N-dealkylation sites (N-methyl/N-ethyl adjacent to an activating group) is 1. The average Bonchev–Trinajstić information content (AvgIpc) is 2.98. The second-order valence-electron chi connectivity index (χ2n) is 7.99. The second kappa shape index (κ2) is 6.64. The SMILES string of the molecule is C[N+]1(C)[C@H]2CC(OC(=O)C(O)(c3cccs3)c3cccs3)C[C@H]1[C@H]1O[C@H]12.[Br-]. The van der Waals surface area contributed by atoms with Gasteiger partial charge in [0.05, 0.1) is 23.8 Å². The first kappa shape index (κ1) is 19.5. The molecule has 0 amide bonds. The zero-order valence-corrected chi connectivity index (χ0v) is 18.3. The van der Waals surface area contributed by atoms with Gasteiger partial charge in [-0.05, 0) is 22.9 Å². The Balaban J connectivity index is 0.00000180. The fraction of sp³-hybridized carbons (Fsp3) is 0.526. The number of halogens is 1. The summed E-state index contributed by atoms with van der Waals surface area (Å²) < 4.78 is 12.6. The number of quaternary nitrogens is 1. The van der Waals surface area contributed by atoms with E-state index in [2.05, 4.69) is 14.1 Å². The highest BCUT2D eigenvalue weighted by Crippen LogP contribution is 2.52. The van der Waals surface area contributed by atoms with Crippen LogP contribution in [0.25, 0.3) is 0 Å². The number of esters is 1. The van der Waals surface area contributed by atoms with E-state index < -0.39 is 11.6 Å². The minimum Gasteiger partial charge on any atom is -1.00 e. The molecule has 3 aliphatic rings. The number of nitrogens with zero attached hydrogens (tertiary/aromatic N) is 1. The first-order chi connectivity index (χ1) is 12.4. The molecule has 2 aromatic rings. The van der Waals surface area contributed by atoms with Crippen LogP contribution in [0.3, 0.4) is 0 Å². The zero-order valence-electron chi connectivity index (χ0n) is 15.1. The van der Waals surface area contributed by atoms with Gasteiger partial charge in [0.25, 0.3) is 0 Å². The molecule has 5 heterocycles. The molecule has 0 aliphatic carbocycles. The molecule has 3 saturated heterocycles. The third-order valence-electron chi connectivity index (χ3n) is 6.36. The van der Waals surface area contributed by atoms with Gasteiger partial charge in [0.1, 0.15) is 30.4 Å². The van der Waals surface area contributed by atoms with Gasteiger partial charge < -0.3 is 36.0 Å². The number of fused-ring (bicyclic) bond motifs is 5. The number of rotatable bonds is 4. The Morgan fingerprint density at radius 3 is 2.11 bits per heavy atom. The topological polar surface area (TPSA) is 59.1 Å². The summed E-state index contributed by atoms with van der Waals surface area (Å²) in [5.41, 5.74) is -1.72. The van der Waals surface area contributed by atoms with Crippen LogP contribution in [0.4, 0.5) is 0 Å². The summed E-state index contributed by atoms with van der Waals surface area (Å²) in [6, 6.07) is 8.01. The second-order valence-corrected chi connectivity index (χ2v) is 9.89. The maximum atomic E-state index is 13.1. The zero-order chi connectivity index (χ0) is 18.1. The highest BCUT2D eigenvalue weighted by atomic mass is 79.9. The molecule has 5 nitrogen and oxygen atoms in total. The molecule has 3 aliphatic heterocycles. The lowest BCUT2D eigenvalue weighted by Gasteiger charge is -2.45. The van der Waals surface area contributed by atoms with Crippen molar-refractivity contribution in [2.24, 2.45) is 0 Å². The molecule has 5 rings (SSSR count). The molecular formula is C19H22BrNO4S2. The van der Waals surface area contributed by atoms with E-state index >= 15 is 0 Å². The fourth-order valence-electron chi connectivity index (χ4n) is 4.83. The Morgan fingerprint density at radius 2 is 1.67 bits per heavy atom. The summed E-state index contributed by atoms with van der Waals surface area (Å²) in [7, 11) is 4.49. The van der Waals surface area contributed by atoms with Gasteiger partial charge in [-0.15, -0.1) is 22.7 Å². The van der Waals surface area contributed by atoms with Crippen molar-refractivity contribution in [3.05, 3.63) is 44.8 Å². The summed E-state index contributed by atoms with van der Waals surface area (Å²) in [6.45, 7) is 0. The molecule has 3 fully saturated rings. The molecule has 1 N–H and O–H groups in total. The number of hydrogen-bond donors (Lipinski definition) is 1. The molecule has 2 bridgehead atoms. The molecule has 2 aromatic heterocycles. The van der Waals surface area contributed by atoms with E-state index in [1.165, 1.54) is 22.7 Å². The van der Waals surface area contributed by atoms with Gasteiger partial charge in [-0.1, -0.05) is 12.1 Å². The first-order valence-electron chi connectivity index (χ1n) is 8.92. The number of morpholine rings is 1. The van der Waals surface area contributed by atoms with Gasteiger partial charge >= 0.3 is 5.97 Å². The minimum absolute atomic E-state index is 0. The van der Waals surface area contributed by atoms with E-state index in [4.69, 9.17) is 9.47 Å². The van der Waals surface area contributed by atoms with Gasteiger partial charge in [0, 0.05) is 12.8 Å². The van der Waals surface area contributed by atoms with E-state index in [-0.39, 0.29) is 23.1 Å². The lowest BCUT2D eigenvalue weighted by Crippen LogP contribution is -3.00. The van der Waals surface area contributed by atoms with Crippen LogP contribution in [0.1, 0.15) is 22.6 Å². The van der Waals surface area contributed by atoms with Gasteiger partial charge in [-0.2, -0.15) is 0 Å². The van der Waals surface area contributed by atoms with E-state index in [1.807, 2.05) is 22.9 Å². The first-order valence-corrected chi connectivity index (χ1v) is 10.7. The van der Waals surface area contributed by atoms with Crippen LogP contribution in [-0.2, 0) is 19.9 Å². The highest BCUT2D eigenvalue weighted by molar-refractivity contribution is 7.12. The number of epoxide rings is 1. The number of thiophene rings is 2. The maximum Gasteiger partial charge on any atom is 0.349 e. The van der Waals surface area contributed by atoms with E-state index in [0.29, 0.717) is 34.0 Å². The van der Waals surface area contributed by atoms with Crippen molar-refractivity contribution in [2.75, 3.05) is 14.1 Å². The average molecular weight is 472 g/mol. The van der Waals surface area contributed by atoms with Gasteiger partial charge in [0.15, 0.2) is 0 Å². The number of carbonyl (C=O) groups excluding carboxylic acids is 1. The number of aliphatic hydroxyl groups is 1. The molecule has 1 unspecified atom stereocenters. The summed E-state index contributed by atoms with van der Waals surface area (Å²) >= 11 is 2.74. The largest absolute Gasteiger partial charge is 1.00 e. The Morgan fingerprint density at radius 1 is 1.15 bits per heavy atom. The van der Waals surface area contributed by atoms with Crippen LogP contribution in [0.15, 0.2) is 35.0 Å². The van der Waals surface area contributed by atoms with E-state index in [9.17, 15) is 9.90 Å². The Hall–Kier alpha value is -0.770. The van der Waals surface area contributed by atoms with Crippen molar-refractivity contribution in [1.29, 1.82) is 0 Å². The molecule has 5 atom stereocenters. The quantitative estimate of drug-likeness (QED) is 0.365. The van der Waals surface area contributed by atoms with Crippen molar-refractivity contribution < 1.29 is 40.8 Å². The molecule has 27 heavy (non-hydrogen) atoms. The van der Waals surface area contributed by atoms with Crippen molar-refractivity contribution >= 4 is 28.6 Å².